The van der Waals surface area contributed by atoms with E-state index in [0.717, 1.165) is 0 Å². The lowest BCUT2D eigenvalue weighted by atomic mass is 10.3. The first-order valence-electron chi connectivity index (χ1n) is 2.99. The average molecular weight is 189 g/mol. The molecule has 6 heteroatoms. The molecule has 66 valence electrons. The van der Waals surface area contributed by atoms with Crippen LogP contribution in [0.25, 0.3) is 0 Å². The van der Waals surface area contributed by atoms with Crippen molar-refractivity contribution in [1.29, 1.82) is 0 Å². The maximum atomic E-state index is 8.70. The smallest absolute Gasteiger partial charge is 0.397 e. The predicted octanol–water partition coefficient (Wildman–Crippen LogP) is 0.479. The Labute approximate surface area is 70.6 Å². The van der Waals surface area contributed by atoms with E-state index in [9.17, 15) is 0 Å². The van der Waals surface area contributed by atoms with Crippen molar-refractivity contribution in [3.05, 3.63) is 24.3 Å². The van der Waals surface area contributed by atoms with Crippen LogP contribution in [0.5, 0.6) is 0 Å². The largest absolute Gasteiger partial charge is 0.692 e. The molecular formula is C6H10N2O3P+. The molecule has 0 saturated carbocycles. The van der Waals surface area contributed by atoms with Crippen LogP contribution in [0, 0.1) is 0 Å². The second-order valence-corrected chi connectivity index (χ2v) is 2.39. The van der Waals surface area contributed by atoms with Gasteiger partial charge < -0.3 is 11.5 Å². The minimum absolute atomic E-state index is 0.646. The van der Waals surface area contributed by atoms with Gasteiger partial charge in [0.2, 0.25) is 0 Å². The van der Waals surface area contributed by atoms with E-state index in [4.69, 9.17) is 25.8 Å². The first-order valence-corrected chi connectivity index (χ1v) is 4.15. The molecule has 0 heterocycles. The van der Waals surface area contributed by atoms with Crippen molar-refractivity contribution < 1.29 is 14.4 Å². The third kappa shape index (κ3) is 5.61. The molecule has 0 saturated heterocycles. The van der Waals surface area contributed by atoms with Crippen LogP contribution in [-0.4, -0.2) is 9.79 Å². The van der Waals surface area contributed by atoms with Gasteiger partial charge in [-0.15, -0.1) is 9.79 Å². The zero-order chi connectivity index (χ0) is 9.56. The van der Waals surface area contributed by atoms with Gasteiger partial charge in [0.25, 0.3) is 0 Å². The van der Waals surface area contributed by atoms with Gasteiger partial charge in [-0.2, -0.15) is 0 Å². The number of hydrogen-bond donors (Lipinski definition) is 4. The quantitative estimate of drug-likeness (QED) is 0.350. The van der Waals surface area contributed by atoms with E-state index < -0.39 is 8.25 Å². The third-order valence-corrected chi connectivity index (χ3v) is 0.996. The van der Waals surface area contributed by atoms with Crippen molar-refractivity contribution >= 4 is 19.6 Å². The van der Waals surface area contributed by atoms with Crippen LogP contribution >= 0.6 is 8.25 Å². The minimum Gasteiger partial charge on any atom is -0.397 e. The summed E-state index contributed by atoms with van der Waals surface area (Å²) in [7, 11) is -2.87. The first kappa shape index (κ1) is 10.8. The fourth-order valence-corrected chi connectivity index (χ4v) is 0.511. The summed E-state index contributed by atoms with van der Waals surface area (Å²) in [6.45, 7) is 0. The number of benzene rings is 1. The highest BCUT2D eigenvalue weighted by atomic mass is 31.1. The molecule has 12 heavy (non-hydrogen) atoms. The molecule has 0 atom stereocenters. The molecule has 0 radical (unpaired) electrons. The number of nitrogen functional groups attached to an aromatic ring is 2. The van der Waals surface area contributed by atoms with Crippen molar-refractivity contribution in [3.63, 3.8) is 0 Å². The summed E-state index contributed by atoms with van der Waals surface area (Å²) in [5, 5.41) is 0. The van der Waals surface area contributed by atoms with Crippen LogP contribution in [0.3, 0.4) is 0 Å². The Hall–Kier alpha value is -1.16. The summed E-state index contributed by atoms with van der Waals surface area (Å²) in [6.07, 6.45) is 0. The Bertz CT molecular complexity index is 242. The van der Waals surface area contributed by atoms with Crippen molar-refractivity contribution in [2.75, 3.05) is 11.5 Å². The molecule has 0 fully saturated rings. The standard InChI is InChI=1S/C6H8N2.HO3P/c7-5-3-1-2-4-6(5)8;1-4(2)3/h1-4H,7-8H2;(H-,1,2,3)/p+1. The molecule has 0 amide bonds. The topological polar surface area (TPSA) is 110 Å². The zero-order valence-electron chi connectivity index (χ0n) is 6.21. The number of hydrogen-bond acceptors (Lipinski definition) is 3. The maximum absolute atomic E-state index is 8.70. The van der Waals surface area contributed by atoms with Crippen molar-refractivity contribution in [1.82, 2.24) is 0 Å². The van der Waals surface area contributed by atoms with Crippen molar-refractivity contribution in [2.24, 2.45) is 0 Å². The van der Waals surface area contributed by atoms with E-state index in [0.29, 0.717) is 11.4 Å². The number of rotatable bonds is 0. The van der Waals surface area contributed by atoms with Crippen LogP contribution in [0.15, 0.2) is 24.3 Å². The highest BCUT2D eigenvalue weighted by Crippen LogP contribution is 2.10. The number of para-hydroxylation sites is 2. The van der Waals surface area contributed by atoms with Gasteiger partial charge in [-0.3, -0.25) is 0 Å². The Balaban J connectivity index is 0.000000261. The Morgan fingerprint density at radius 2 is 1.33 bits per heavy atom. The molecule has 0 bridgehead atoms. The summed E-state index contributed by atoms with van der Waals surface area (Å²) in [4.78, 5) is 14.2. The zero-order valence-corrected chi connectivity index (χ0v) is 7.11. The highest BCUT2D eigenvalue weighted by molar-refractivity contribution is 7.30. The van der Waals surface area contributed by atoms with Crippen molar-refractivity contribution in [2.45, 2.75) is 0 Å². The Morgan fingerprint density at radius 1 is 1.08 bits per heavy atom. The first-order chi connectivity index (χ1) is 5.54. The van der Waals surface area contributed by atoms with E-state index in [1.807, 2.05) is 12.1 Å². The normalized spacial score (nSPS) is 8.17. The predicted molar refractivity (Wildman–Crippen MR) is 47.3 cm³/mol. The van der Waals surface area contributed by atoms with Gasteiger partial charge in [-0.05, 0) is 12.1 Å². The van der Waals surface area contributed by atoms with Gasteiger partial charge in [-0.1, -0.05) is 12.1 Å². The molecule has 5 nitrogen and oxygen atoms in total. The van der Waals surface area contributed by atoms with Gasteiger partial charge in [0.1, 0.15) is 0 Å². The van der Waals surface area contributed by atoms with Crippen LogP contribution < -0.4 is 11.5 Å². The van der Waals surface area contributed by atoms with E-state index in [2.05, 4.69) is 0 Å². The molecule has 0 aliphatic rings. The SMILES string of the molecule is Nc1ccccc1N.O=[P+](O)O. The lowest BCUT2D eigenvalue weighted by molar-refractivity contribution is 0.405. The molecule has 0 aliphatic heterocycles. The molecule has 0 aromatic heterocycles. The van der Waals surface area contributed by atoms with Crippen LogP contribution in [-0.2, 0) is 4.57 Å². The van der Waals surface area contributed by atoms with E-state index in [-0.39, 0.29) is 0 Å². The molecule has 1 rings (SSSR count). The van der Waals surface area contributed by atoms with E-state index >= 15 is 0 Å². The number of nitrogens with two attached hydrogens (primary N) is 2. The van der Waals surface area contributed by atoms with Gasteiger partial charge in [0, 0.05) is 4.57 Å². The average Bonchev–Trinajstić information content (AvgIpc) is 1.94. The van der Waals surface area contributed by atoms with Gasteiger partial charge in [0.05, 0.1) is 11.4 Å². The fraction of sp³-hybridized carbons (Fsp3) is 0. The molecule has 0 unspecified atom stereocenters. The van der Waals surface area contributed by atoms with Crippen molar-refractivity contribution in [3.8, 4) is 0 Å². The third-order valence-electron chi connectivity index (χ3n) is 0.996. The number of anilines is 2. The minimum atomic E-state index is -2.87. The molecule has 1 aromatic rings. The van der Waals surface area contributed by atoms with Crippen LogP contribution in [0.1, 0.15) is 0 Å². The lowest BCUT2D eigenvalue weighted by Gasteiger charge is -1.94. The van der Waals surface area contributed by atoms with E-state index in [1.54, 1.807) is 12.1 Å². The highest BCUT2D eigenvalue weighted by Gasteiger charge is 1.93. The second-order valence-electron chi connectivity index (χ2n) is 1.88. The fourth-order valence-electron chi connectivity index (χ4n) is 0.511. The molecular weight excluding hydrogens is 179 g/mol. The second kappa shape index (κ2) is 5.49. The lowest BCUT2D eigenvalue weighted by Crippen LogP contribution is -1.91. The van der Waals surface area contributed by atoms with E-state index in [1.165, 1.54) is 0 Å². The molecule has 0 aliphatic carbocycles. The molecule has 1 aromatic carbocycles. The summed E-state index contributed by atoms with van der Waals surface area (Å²) in [5.41, 5.74) is 12.1. The van der Waals surface area contributed by atoms with Crippen LogP contribution in [0.2, 0.25) is 0 Å². The van der Waals surface area contributed by atoms with Gasteiger partial charge in [-0.25, -0.2) is 0 Å². The van der Waals surface area contributed by atoms with Gasteiger partial charge >= 0.3 is 8.25 Å². The molecule has 0 spiro atoms. The molecule has 6 N–H and O–H groups in total. The van der Waals surface area contributed by atoms with Crippen LogP contribution in [0.4, 0.5) is 11.4 Å². The Morgan fingerprint density at radius 3 is 1.50 bits per heavy atom. The summed E-state index contributed by atoms with van der Waals surface area (Å²) in [6, 6.07) is 7.25. The van der Waals surface area contributed by atoms with Gasteiger partial charge in [0.15, 0.2) is 0 Å². The maximum Gasteiger partial charge on any atom is 0.692 e. The summed E-state index contributed by atoms with van der Waals surface area (Å²) in [5.74, 6) is 0. The summed E-state index contributed by atoms with van der Waals surface area (Å²) >= 11 is 0. The summed E-state index contributed by atoms with van der Waals surface area (Å²) < 4.78 is 8.70. The Kier molecular flexibility index (Phi) is 4.96. The monoisotopic (exact) mass is 189 g/mol.